The van der Waals surface area contributed by atoms with Gasteiger partial charge in [-0.05, 0) is 67.9 Å². The molecule has 0 aliphatic heterocycles. The lowest BCUT2D eigenvalue weighted by molar-refractivity contribution is 0.102. The molecular formula is C25H21ClN2O2. The molecule has 30 heavy (non-hydrogen) atoms. The third-order valence-electron chi connectivity index (χ3n) is 4.85. The number of anilines is 1. The lowest BCUT2D eigenvalue weighted by Crippen LogP contribution is -2.13. The number of aromatic nitrogens is 1. The van der Waals surface area contributed by atoms with Crippen LogP contribution in [0.1, 0.15) is 22.8 Å². The zero-order valence-corrected chi connectivity index (χ0v) is 17.5. The molecular weight excluding hydrogens is 396 g/mol. The number of benzene rings is 3. The molecule has 0 unspecified atom stereocenters. The molecule has 0 bridgehead atoms. The van der Waals surface area contributed by atoms with Crippen molar-refractivity contribution in [1.82, 2.24) is 4.98 Å². The van der Waals surface area contributed by atoms with E-state index < -0.39 is 0 Å². The Morgan fingerprint density at radius 2 is 1.80 bits per heavy atom. The molecule has 4 aromatic rings. The molecule has 4 rings (SSSR count). The Kier molecular flexibility index (Phi) is 5.68. The highest BCUT2D eigenvalue weighted by atomic mass is 35.5. The van der Waals surface area contributed by atoms with Crippen molar-refractivity contribution in [3.63, 3.8) is 0 Å². The molecule has 1 heterocycles. The Hall–Kier alpha value is -3.37. The third-order valence-corrected chi connectivity index (χ3v) is 5.26. The highest BCUT2D eigenvalue weighted by molar-refractivity contribution is 6.31. The Balaban J connectivity index is 1.74. The first-order chi connectivity index (χ1) is 14.5. The zero-order chi connectivity index (χ0) is 21.1. The largest absolute Gasteiger partial charge is 0.494 e. The Morgan fingerprint density at radius 1 is 1.03 bits per heavy atom. The van der Waals surface area contributed by atoms with Crippen molar-refractivity contribution in [3.05, 3.63) is 88.9 Å². The average Bonchev–Trinajstić information content (AvgIpc) is 2.76. The fourth-order valence-electron chi connectivity index (χ4n) is 3.27. The summed E-state index contributed by atoms with van der Waals surface area (Å²) in [6.07, 6.45) is 0. The lowest BCUT2D eigenvalue weighted by Gasteiger charge is -2.12. The average molecular weight is 417 g/mol. The molecule has 0 aliphatic rings. The highest BCUT2D eigenvalue weighted by Crippen LogP contribution is 2.27. The number of nitrogens with one attached hydrogen (secondary N) is 1. The van der Waals surface area contributed by atoms with E-state index in [2.05, 4.69) is 5.32 Å². The summed E-state index contributed by atoms with van der Waals surface area (Å²) in [4.78, 5) is 17.9. The summed E-state index contributed by atoms with van der Waals surface area (Å²) in [6.45, 7) is 4.49. The topological polar surface area (TPSA) is 51.2 Å². The number of rotatable bonds is 5. The van der Waals surface area contributed by atoms with Gasteiger partial charge in [0.15, 0.2) is 0 Å². The molecule has 4 nitrogen and oxygen atoms in total. The van der Waals surface area contributed by atoms with E-state index >= 15 is 0 Å². The second-order valence-corrected chi connectivity index (χ2v) is 7.35. The first-order valence-electron chi connectivity index (χ1n) is 9.75. The number of hydrogen-bond donors (Lipinski definition) is 1. The number of carbonyl (C=O) groups is 1. The van der Waals surface area contributed by atoms with Crippen LogP contribution in [0.15, 0.2) is 72.8 Å². The van der Waals surface area contributed by atoms with Crippen LogP contribution in [0.5, 0.6) is 5.75 Å². The number of carbonyl (C=O) groups excluding carboxylic acids is 1. The normalized spacial score (nSPS) is 10.8. The molecule has 0 radical (unpaired) electrons. The minimum Gasteiger partial charge on any atom is -0.494 e. The van der Waals surface area contributed by atoms with Crippen LogP contribution in [-0.2, 0) is 0 Å². The van der Waals surface area contributed by atoms with Crippen LogP contribution in [0.3, 0.4) is 0 Å². The number of hydrogen-bond acceptors (Lipinski definition) is 3. The van der Waals surface area contributed by atoms with E-state index in [1.165, 1.54) is 0 Å². The van der Waals surface area contributed by atoms with Crippen LogP contribution in [0.25, 0.3) is 22.2 Å². The van der Waals surface area contributed by atoms with Gasteiger partial charge in [0.1, 0.15) is 5.75 Å². The van der Waals surface area contributed by atoms with Gasteiger partial charge in [-0.2, -0.15) is 0 Å². The standard InChI is InChI=1S/C25H21ClN2O2/c1-3-30-19-12-9-17(10-13-19)24-15-21(20-6-4-5-7-23(20)28-24)25(29)27-18-11-8-16(2)22(26)14-18/h4-15H,3H2,1-2H3,(H,27,29). The predicted octanol–water partition coefficient (Wildman–Crippen LogP) is 6.51. The quantitative estimate of drug-likeness (QED) is 0.403. The van der Waals surface area contributed by atoms with Crippen molar-refractivity contribution < 1.29 is 9.53 Å². The van der Waals surface area contributed by atoms with Crippen LogP contribution < -0.4 is 10.1 Å². The molecule has 1 aromatic heterocycles. The maximum absolute atomic E-state index is 13.1. The van der Waals surface area contributed by atoms with Crippen LogP contribution in [-0.4, -0.2) is 17.5 Å². The lowest BCUT2D eigenvalue weighted by atomic mass is 10.0. The summed E-state index contributed by atoms with van der Waals surface area (Å²) in [5.41, 5.74) is 4.57. The van der Waals surface area contributed by atoms with Gasteiger partial charge in [-0.15, -0.1) is 0 Å². The van der Waals surface area contributed by atoms with Gasteiger partial charge in [0, 0.05) is 21.7 Å². The molecule has 0 saturated heterocycles. The van der Waals surface area contributed by atoms with Gasteiger partial charge in [-0.1, -0.05) is 35.9 Å². The Bertz CT molecular complexity index is 1220. The summed E-state index contributed by atoms with van der Waals surface area (Å²) >= 11 is 6.21. The fraction of sp³-hybridized carbons (Fsp3) is 0.120. The zero-order valence-electron chi connectivity index (χ0n) is 16.8. The number of amides is 1. The summed E-state index contributed by atoms with van der Waals surface area (Å²) in [5.74, 6) is 0.594. The van der Waals surface area contributed by atoms with Crippen molar-refractivity contribution in [2.75, 3.05) is 11.9 Å². The van der Waals surface area contributed by atoms with Crippen molar-refractivity contribution in [3.8, 4) is 17.0 Å². The van der Waals surface area contributed by atoms with E-state index in [0.29, 0.717) is 22.9 Å². The minimum atomic E-state index is -0.208. The number of ether oxygens (including phenoxy) is 1. The molecule has 3 aromatic carbocycles. The van der Waals surface area contributed by atoms with Crippen LogP contribution in [0.2, 0.25) is 5.02 Å². The summed E-state index contributed by atoms with van der Waals surface area (Å²) in [7, 11) is 0. The Labute approximate surface area is 180 Å². The number of halogens is 1. The van der Waals surface area contributed by atoms with Crippen molar-refractivity contribution in [2.45, 2.75) is 13.8 Å². The summed E-state index contributed by atoms with van der Waals surface area (Å²) < 4.78 is 5.52. The molecule has 1 N–H and O–H groups in total. The molecule has 0 saturated carbocycles. The Morgan fingerprint density at radius 3 is 2.53 bits per heavy atom. The number of fused-ring (bicyclic) bond motifs is 1. The molecule has 5 heteroatoms. The van der Waals surface area contributed by atoms with Crippen molar-refractivity contribution in [2.24, 2.45) is 0 Å². The first kappa shape index (κ1) is 19.9. The maximum atomic E-state index is 13.1. The smallest absolute Gasteiger partial charge is 0.256 e. The van der Waals surface area contributed by atoms with Crippen molar-refractivity contribution in [1.29, 1.82) is 0 Å². The number of pyridine rings is 1. The molecule has 1 amide bonds. The van der Waals surface area contributed by atoms with Gasteiger partial charge in [-0.25, -0.2) is 4.98 Å². The van der Waals surface area contributed by atoms with Gasteiger partial charge >= 0.3 is 0 Å². The van der Waals surface area contributed by atoms with E-state index in [1.54, 1.807) is 6.07 Å². The SMILES string of the molecule is CCOc1ccc(-c2cc(C(=O)Nc3ccc(C)c(Cl)c3)c3ccccc3n2)cc1. The van der Waals surface area contributed by atoms with Gasteiger partial charge in [-0.3, -0.25) is 4.79 Å². The minimum absolute atomic E-state index is 0.208. The van der Waals surface area contributed by atoms with Crippen molar-refractivity contribution >= 4 is 34.1 Å². The third kappa shape index (κ3) is 4.14. The molecule has 0 spiro atoms. The summed E-state index contributed by atoms with van der Waals surface area (Å²) in [5, 5.41) is 4.36. The molecule has 0 atom stereocenters. The predicted molar refractivity (Wildman–Crippen MR) is 122 cm³/mol. The van der Waals surface area contributed by atoms with Gasteiger partial charge in [0.25, 0.3) is 5.91 Å². The van der Waals surface area contributed by atoms with E-state index in [4.69, 9.17) is 21.3 Å². The van der Waals surface area contributed by atoms with Gasteiger partial charge in [0.05, 0.1) is 23.4 Å². The van der Waals surface area contributed by atoms with E-state index in [9.17, 15) is 4.79 Å². The molecule has 0 fully saturated rings. The molecule has 150 valence electrons. The van der Waals surface area contributed by atoms with Gasteiger partial charge in [0.2, 0.25) is 0 Å². The summed E-state index contributed by atoms with van der Waals surface area (Å²) in [6, 6.07) is 22.6. The number of aryl methyl sites for hydroxylation is 1. The van der Waals surface area contributed by atoms with Gasteiger partial charge < -0.3 is 10.1 Å². The number of para-hydroxylation sites is 1. The van der Waals surface area contributed by atoms with E-state index in [-0.39, 0.29) is 5.91 Å². The highest BCUT2D eigenvalue weighted by Gasteiger charge is 2.15. The second kappa shape index (κ2) is 8.56. The van der Waals surface area contributed by atoms with Crippen LogP contribution in [0, 0.1) is 6.92 Å². The second-order valence-electron chi connectivity index (χ2n) is 6.95. The molecule has 0 aliphatic carbocycles. The monoisotopic (exact) mass is 416 g/mol. The maximum Gasteiger partial charge on any atom is 0.256 e. The number of nitrogens with zero attached hydrogens (tertiary/aromatic N) is 1. The van der Waals surface area contributed by atoms with Crippen LogP contribution >= 0.6 is 11.6 Å². The van der Waals surface area contributed by atoms with E-state index in [0.717, 1.165) is 33.5 Å². The fourth-order valence-corrected chi connectivity index (χ4v) is 3.45. The first-order valence-corrected chi connectivity index (χ1v) is 10.1. The van der Waals surface area contributed by atoms with E-state index in [1.807, 2.05) is 80.6 Å². The van der Waals surface area contributed by atoms with Crippen LogP contribution in [0.4, 0.5) is 5.69 Å².